The molecular weight excluding hydrogens is 455 g/mol. The van der Waals surface area contributed by atoms with Crippen molar-refractivity contribution >= 4 is 58.5 Å². The molecule has 0 aliphatic carbocycles. The summed E-state index contributed by atoms with van der Waals surface area (Å²) in [5.41, 5.74) is 0. The quantitative estimate of drug-likeness (QED) is 0.248. The van der Waals surface area contributed by atoms with E-state index >= 15 is 0 Å². The van der Waals surface area contributed by atoms with Crippen LogP contribution in [0, 0.1) is 6.92 Å². The monoisotopic (exact) mass is 478 g/mol. The van der Waals surface area contributed by atoms with Crippen molar-refractivity contribution in [1.82, 2.24) is 16.0 Å². The highest BCUT2D eigenvalue weighted by molar-refractivity contribution is 14.0. The molecule has 2 aromatic heterocycles. The van der Waals surface area contributed by atoms with Crippen molar-refractivity contribution in [2.75, 3.05) is 20.1 Å². The van der Waals surface area contributed by atoms with Crippen LogP contribution in [0.3, 0.4) is 0 Å². The van der Waals surface area contributed by atoms with Gasteiger partial charge in [0.05, 0.1) is 11.4 Å². The van der Waals surface area contributed by atoms with Crippen molar-refractivity contribution in [2.24, 2.45) is 4.99 Å². The molecule has 132 valence electrons. The number of nitrogens with zero attached hydrogens (tertiary/aromatic N) is 1. The number of nitrogens with one attached hydrogen (secondary N) is 3. The van der Waals surface area contributed by atoms with Crippen molar-refractivity contribution < 1.29 is 4.79 Å². The van der Waals surface area contributed by atoms with E-state index in [4.69, 9.17) is 0 Å². The third-order valence-corrected chi connectivity index (χ3v) is 5.00. The maximum absolute atomic E-state index is 11.8. The van der Waals surface area contributed by atoms with E-state index in [0.717, 1.165) is 30.3 Å². The Morgan fingerprint density at radius 1 is 1.17 bits per heavy atom. The van der Waals surface area contributed by atoms with Crippen LogP contribution in [0.4, 0.5) is 0 Å². The summed E-state index contributed by atoms with van der Waals surface area (Å²) in [6.07, 6.45) is 0.843. The Morgan fingerprint density at radius 2 is 1.96 bits per heavy atom. The van der Waals surface area contributed by atoms with Crippen LogP contribution in [0.15, 0.2) is 34.6 Å². The van der Waals surface area contributed by atoms with Crippen LogP contribution in [-0.4, -0.2) is 32.0 Å². The number of carbonyl (C=O) groups is 1. The van der Waals surface area contributed by atoms with Gasteiger partial charge in [-0.1, -0.05) is 6.07 Å². The molecule has 2 aromatic rings. The molecule has 0 aliphatic rings. The van der Waals surface area contributed by atoms with E-state index in [9.17, 15) is 4.79 Å². The first-order valence-corrected chi connectivity index (χ1v) is 9.20. The zero-order valence-corrected chi connectivity index (χ0v) is 17.8. The second kappa shape index (κ2) is 11.4. The summed E-state index contributed by atoms with van der Waals surface area (Å²) in [6.45, 7) is 4.28. The number of guanidine groups is 1. The van der Waals surface area contributed by atoms with Gasteiger partial charge in [-0.05, 0) is 36.9 Å². The summed E-state index contributed by atoms with van der Waals surface area (Å²) in [5, 5.41) is 11.3. The summed E-state index contributed by atoms with van der Waals surface area (Å²) in [7, 11) is 1.76. The second-order valence-corrected chi connectivity index (χ2v) is 7.27. The van der Waals surface area contributed by atoms with Crippen LogP contribution in [0.1, 0.15) is 25.8 Å². The van der Waals surface area contributed by atoms with E-state index < -0.39 is 0 Å². The average molecular weight is 478 g/mol. The molecule has 0 unspecified atom stereocenters. The largest absolute Gasteiger partial charge is 0.356 e. The van der Waals surface area contributed by atoms with Gasteiger partial charge in [0.2, 0.25) is 0 Å². The minimum atomic E-state index is -0.00410. The van der Waals surface area contributed by atoms with Gasteiger partial charge in [0.15, 0.2) is 5.96 Å². The Hall–Kier alpha value is -1.13. The molecule has 0 saturated carbocycles. The fourth-order valence-electron chi connectivity index (χ4n) is 1.96. The SMILES string of the molecule is CN=C(NCCCNC(=O)c1cccs1)NCc1ccc(C)s1.I. The molecule has 0 bridgehead atoms. The first-order chi connectivity index (χ1) is 11.2. The summed E-state index contributed by atoms with van der Waals surface area (Å²) >= 11 is 3.24. The van der Waals surface area contributed by atoms with Gasteiger partial charge in [-0.15, -0.1) is 46.7 Å². The molecule has 24 heavy (non-hydrogen) atoms. The lowest BCUT2D eigenvalue weighted by molar-refractivity contribution is 0.0957. The van der Waals surface area contributed by atoms with Gasteiger partial charge in [-0.25, -0.2) is 0 Å². The van der Waals surface area contributed by atoms with Gasteiger partial charge >= 0.3 is 0 Å². The molecule has 0 fully saturated rings. The van der Waals surface area contributed by atoms with E-state index in [2.05, 4.69) is 40.0 Å². The van der Waals surface area contributed by atoms with Crippen molar-refractivity contribution in [3.05, 3.63) is 44.3 Å². The number of carbonyl (C=O) groups excluding carboxylic acids is 1. The minimum Gasteiger partial charge on any atom is -0.356 e. The average Bonchev–Trinajstić information content (AvgIpc) is 3.21. The highest BCUT2D eigenvalue weighted by atomic mass is 127. The molecule has 1 amide bonds. The molecule has 2 rings (SSSR count). The topological polar surface area (TPSA) is 65.5 Å². The van der Waals surface area contributed by atoms with Gasteiger partial charge in [0.1, 0.15) is 0 Å². The normalized spacial score (nSPS) is 10.8. The number of amides is 1. The smallest absolute Gasteiger partial charge is 0.261 e. The lowest BCUT2D eigenvalue weighted by Crippen LogP contribution is -2.38. The zero-order chi connectivity index (χ0) is 16.5. The second-order valence-electron chi connectivity index (χ2n) is 4.95. The fourth-order valence-corrected chi connectivity index (χ4v) is 3.43. The summed E-state index contributed by atoms with van der Waals surface area (Å²) in [4.78, 5) is 19.3. The van der Waals surface area contributed by atoms with Gasteiger partial charge in [-0.3, -0.25) is 9.79 Å². The molecule has 0 saturated heterocycles. The molecule has 0 atom stereocenters. The van der Waals surface area contributed by atoms with Crippen LogP contribution in [0.25, 0.3) is 0 Å². The van der Waals surface area contributed by atoms with Crippen LogP contribution >= 0.6 is 46.7 Å². The molecule has 3 N–H and O–H groups in total. The lowest BCUT2D eigenvalue weighted by atomic mass is 10.4. The Labute approximate surface area is 168 Å². The minimum absolute atomic E-state index is 0. The standard InChI is InChI=1S/C16H22N4OS2.HI/c1-12-6-7-13(23-12)11-20-16(17-2)19-9-4-8-18-15(21)14-5-3-10-22-14;/h3,5-7,10H,4,8-9,11H2,1-2H3,(H,18,21)(H2,17,19,20);1H. The van der Waals surface area contributed by atoms with Crippen molar-refractivity contribution in [3.8, 4) is 0 Å². The molecule has 0 aliphatic heterocycles. The summed E-state index contributed by atoms with van der Waals surface area (Å²) < 4.78 is 0. The Morgan fingerprint density at radius 3 is 2.58 bits per heavy atom. The van der Waals surface area contributed by atoms with E-state index in [1.165, 1.54) is 21.1 Å². The van der Waals surface area contributed by atoms with E-state index in [1.807, 2.05) is 17.5 Å². The van der Waals surface area contributed by atoms with Gasteiger partial charge in [0, 0.05) is 29.9 Å². The predicted molar refractivity (Wildman–Crippen MR) is 114 cm³/mol. The molecule has 0 spiro atoms. The van der Waals surface area contributed by atoms with E-state index in [-0.39, 0.29) is 29.9 Å². The molecule has 5 nitrogen and oxygen atoms in total. The van der Waals surface area contributed by atoms with Crippen LogP contribution in [-0.2, 0) is 6.54 Å². The Bertz CT molecular complexity index is 640. The van der Waals surface area contributed by atoms with Gasteiger partial charge < -0.3 is 16.0 Å². The molecule has 0 radical (unpaired) electrons. The van der Waals surface area contributed by atoms with E-state index in [1.54, 1.807) is 18.4 Å². The summed E-state index contributed by atoms with van der Waals surface area (Å²) in [5.74, 6) is 0.774. The molecular formula is C16H23IN4OS2. The molecule has 0 aromatic carbocycles. The highest BCUT2D eigenvalue weighted by Gasteiger charge is 2.05. The third kappa shape index (κ3) is 7.18. The van der Waals surface area contributed by atoms with Crippen LogP contribution in [0.5, 0.6) is 0 Å². The molecule has 2 heterocycles. The highest BCUT2D eigenvalue weighted by Crippen LogP contribution is 2.14. The van der Waals surface area contributed by atoms with Crippen molar-refractivity contribution in [3.63, 3.8) is 0 Å². The third-order valence-electron chi connectivity index (χ3n) is 3.13. The number of hydrogen-bond acceptors (Lipinski definition) is 4. The van der Waals surface area contributed by atoms with Crippen LogP contribution < -0.4 is 16.0 Å². The number of thiophene rings is 2. The fraction of sp³-hybridized carbons (Fsp3) is 0.375. The maximum atomic E-state index is 11.8. The molecule has 8 heteroatoms. The Kier molecular flexibility index (Phi) is 9.96. The Balaban J connectivity index is 0.00000288. The van der Waals surface area contributed by atoms with Gasteiger partial charge in [-0.2, -0.15) is 0 Å². The first-order valence-electron chi connectivity index (χ1n) is 7.50. The van der Waals surface area contributed by atoms with Gasteiger partial charge in [0.25, 0.3) is 5.91 Å². The van der Waals surface area contributed by atoms with Crippen molar-refractivity contribution in [1.29, 1.82) is 0 Å². The summed E-state index contributed by atoms with van der Waals surface area (Å²) in [6, 6.07) is 7.96. The first kappa shape index (κ1) is 20.9. The van der Waals surface area contributed by atoms with E-state index in [0.29, 0.717) is 6.54 Å². The zero-order valence-electron chi connectivity index (χ0n) is 13.8. The number of hydrogen-bond donors (Lipinski definition) is 3. The number of aryl methyl sites for hydroxylation is 1. The number of rotatable bonds is 7. The van der Waals surface area contributed by atoms with Crippen LogP contribution in [0.2, 0.25) is 0 Å². The number of halogens is 1. The lowest BCUT2D eigenvalue weighted by Gasteiger charge is -2.11. The van der Waals surface area contributed by atoms with Crippen molar-refractivity contribution in [2.45, 2.75) is 19.9 Å². The predicted octanol–water partition coefficient (Wildman–Crippen LogP) is 3.22. The number of aliphatic imine (C=N–C) groups is 1. The maximum Gasteiger partial charge on any atom is 0.261 e.